The third-order valence-corrected chi connectivity index (χ3v) is 3.36. The third-order valence-electron chi connectivity index (χ3n) is 3.36. The molecule has 1 fully saturated rings. The van der Waals surface area contributed by atoms with E-state index in [1.165, 1.54) is 18.9 Å². The van der Waals surface area contributed by atoms with Crippen LogP contribution in [-0.4, -0.2) is 15.6 Å². The second kappa shape index (κ2) is 4.69. The standard InChI is InChI=1S/C14H18FN3/c1-2-7-18-13-8-10(15)3-6-12(13)17-14(18)9-16-11-4-5-11/h3,6,8,11,16H,2,4-5,7,9H2,1H3. The maximum Gasteiger partial charge on any atom is 0.125 e. The average Bonchev–Trinajstić information content (AvgIpc) is 3.13. The highest BCUT2D eigenvalue weighted by atomic mass is 19.1. The smallest absolute Gasteiger partial charge is 0.125 e. The number of aromatic nitrogens is 2. The van der Waals surface area contributed by atoms with Crippen molar-refractivity contribution >= 4 is 11.0 Å². The number of hydrogen-bond acceptors (Lipinski definition) is 2. The SMILES string of the molecule is CCCn1c(CNC2CC2)nc2ccc(F)cc21. The molecule has 1 aromatic carbocycles. The van der Waals surface area contributed by atoms with Gasteiger partial charge in [-0.1, -0.05) is 6.92 Å². The summed E-state index contributed by atoms with van der Waals surface area (Å²) in [5, 5.41) is 3.47. The number of nitrogens with one attached hydrogen (secondary N) is 1. The van der Waals surface area contributed by atoms with Crippen molar-refractivity contribution in [2.24, 2.45) is 0 Å². The Labute approximate surface area is 106 Å². The van der Waals surface area contributed by atoms with Gasteiger partial charge in [-0.2, -0.15) is 0 Å². The van der Waals surface area contributed by atoms with E-state index in [1.54, 1.807) is 12.1 Å². The number of imidazole rings is 1. The van der Waals surface area contributed by atoms with Gasteiger partial charge in [0, 0.05) is 12.6 Å². The Morgan fingerprint density at radius 3 is 3.00 bits per heavy atom. The highest BCUT2D eigenvalue weighted by Gasteiger charge is 2.21. The maximum absolute atomic E-state index is 13.3. The first kappa shape index (κ1) is 11.7. The summed E-state index contributed by atoms with van der Waals surface area (Å²) in [6, 6.07) is 5.48. The van der Waals surface area contributed by atoms with Crippen LogP contribution >= 0.6 is 0 Å². The number of rotatable bonds is 5. The summed E-state index contributed by atoms with van der Waals surface area (Å²) in [5.74, 6) is 0.825. The molecule has 1 saturated carbocycles. The molecule has 0 unspecified atom stereocenters. The van der Waals surface area contributed by atoms with E-state index in [0.29, 0.717) is 6.04 Å². The van der Waals surface area contributed by atoms with E-state index in [-0.39, 0.29) is 5.82 Å². The summed E-state index contributed by atoms with van der Waals surface area (Å²) in [4.78, 5) is 4.61. The molecule has 0 amide bonds. The predicted octanol–water partition coefficient (Wildman–Crippen LogP) is 2.84. The fraction of sp³-hybridized carbons (Fsp3) is 0.500. The molecule has 1 aromatic heterocycles. The topological polar surface area (TPSA) is 29.9 Å². The lowest BCUT2D eigenvalue weighted by Crippen LogP contribution is -2.19. The highest BCUT2D eigenvalue weighted by Crippen LogP contribution is 2.21. The van der Waals surface area contributed by atoms with Crippen molar-refractivity contribution in [1.29, 1.82) is 0 Å². The van der Waals surface area contributed by atoms with Crippen molar-refractivity contribution in [3.63, 3.8) is 0 Å². The molecule has 0 radical (unpaired) electrons. The average molecular weight is 247 g/mol. The molecule has 3 nitrogen and oxygen atoms in total. The summed E-state index contributed by atoms with van der Waals surface area (Å²) < 4.78 is 15.5. The first-order valence-electron chi connectivity index (χ1n) is 6.66. The van der Waals surface area contributed by atoms with Crippen molar-refractivity contribution in [2.45, 2.75) is 45.3 Å². The van der Waals surface area contributed by atoms with E-state index in [4.69, 9.17) is 0 Å². The van der Waals surface area contributed by atoms with E-state index < -0.39 is 0 Å². The number of fused-ring (bicyclic) bond motifs is 1. The molecule has 4 heteroatoms. The van der Waals surface area contributed by atoms with Gasteiger partial charge >= 0.3 is 0 Å². The van der Waals surface area contributed by atoms with Crippen LogP contribution in [0.25, 0.3) is 11.0 Å². The summed E-state index contributed by atoms with van der Waals surface area (Å²) in [6.07, 6.45) is 3.56. The molecule has 18 heavy (non-hydrogen) atoms. The summed E-state index contributed by atoms with van der Waals surface area (Å²) in [7, 11) is 0. The van der Waals surface area contributed by atoms with Crippen LogP contribution in [0, 0.1) is 5.82 Å². The lowest BCUT2D eigenvalue weighted by Gasteiger charge is -2.08. The highest BCUT2D eigenvalue weighted by molar-refractivity contribution is 5.76. The van der Waals surface area contributed by atoms with Gasteiger partial charge in [-0.15, -0.1) is 0 Å². The van der Waals surface area contributed by atoms with Crippen LogP contribution in [0.3, 0.4) is 0 Å². The fourth-order valence-corrected chi connectivity index (χ4v) is 2.28. The monoisotopic (exact) mass is 247 g/mol. The number of hydrogen-bond donors (Lipinski definition) is 1. The van der Waals surface area contributed by atoms with Crippen molar-refractivity contribution in [3.05, 3.63) is 29.8 Å². The maximum atomic E-state index is 13.3. The van der Waals surface area contributed by atoms with E-state index in [9.17, 15) is 4.39 Å². The molecular formula is C14H18FN3. The van der Waals surface area contributed by atoms with Crippen LogP contribution in [0.2, 0.25) is 0 Å². The molecule has 0 saturated heterocycles. The van der Waals surface area contributed by atoms with Crippen LogP contribution in [0.15, 0.2) is 18.2 Å². The number of nitrogens with zero attached hydrogens (tertiary/aromatic N) is 2. The van der Waals surface area contributed by atoms with Gasteiger partial charge in [0.05, 0.1) is 17.6 Å². The molecule has 0 spiro atoms. The minimum atomic E-state index is -0.193. The number of aryl methyl sites for hydroxylation is 1. The largest absolute Gasteiger partial charge is 0.327 e. The van der Waals surface area contributed by atoms with Gasteiger partial charge in [-0.3, -0.25) is 0 Å². The van der Waals surface area contributed by atoms with Crippen molar-refractivity contribution < 1.29 is 4.39 Å². The predicted molar refractivity (Wildman–Crippen MR) is 69.8 cm³/mol. The Kier molecular flexibility index (Phi) is 3.04. The molecule has 0 atom stereocenters. The van der Waals surface area contributed by atoms with Gasteiger partial charge in [-0.05, 0) is 37.5 Å². The number of benzene rings is 1. The van der Waals surface area contributed by atoms with Gasteiger partial charge in [-0.25, -0.2) is 9.37 Å². The van der Waals surface area contributed by atoms with E-state index in [1.807, 2.05) is 0 Å². The quantitative estimate of drug-likeness (QED) is 0.880. The molecular weight excluding hydrogens is 229 g/mol. The first-order valence-corrected chi connectivity index (χ1v) is 6.66. The molecule has 2 aromatic rings. The lowest BCUT2D eigenvalue weighted by atomic mass is 10.3. The zero-order chi connectivity index (χ0) is 12.5. The second-order valence-electron chi connectivity index (χ2n) is 4.97. The van der Waals surface area contributed by atoms with Crippen molar-refractivity contribution in [2.75, 3.05) is 0 Å². The lowest BCUT2D eigenvalue weighted by molar-refractivity contribution is 0.594. The zero-order valence-electron chi connectivity index (χ0n) is 10.6. The zero-order valence-corrected chi connectivity index (χ0v) is 10.6. The Hall–Kier alpha value is -1.42. The van der Waals surface area contributed by atoms with Gasteiger partial charge in [0.15, 0.2) is 0 Å². The van der Waals surface area contributed by atoms with E-state index in [2.05, 4.69) is 21.8 Å². The summed E-state index contributed by atoms with van der Waals surface area (Å²) in [5.41, 5.74) is 1.79. The fourth-order valence-electron chi connectivity index (χ4n) is 2.28. The summed E-state index contributed by atoms with van der Waals surface area (Å²) in [6.45, 7) is 3.80. The van der Waals surface area contributed by atoms with Gasteiger partial charge in [0.25, 0.3) is 0 Å². The number of halogens is 1. The Bertz CT molecular complexity index is 557. The molecule has 96 valence electrons. The minimum absolute atomic E-state index is 0.193. The Balaban J connectivity index is 1.96. The van der Waals surface area contributed by atoms with Crippen LogP contribution in [-0.2, 0) is 13.1 Å². The van der Waals surface area contributed by atoms with E-state index >= 15 is 0 Å². The summed E-state index contributed by atoms with van der Waals surface area (Å²) >= 11 is 0. The Morgan fingerprint density at radius 2 is 2.28 bits per heavy atom. The molecule has 1 aliphatic carbocycles. The van der Waals surface area contributed by atoms with Gasteiger partial charge in [0.2, 0.25) is 0 Å². The molecule has 1 heterocycles. The van der Waals surface area contributed by atoms with Crippen LogP contribution in [0.1, 0.15) is 32.0 Å². The molecule has 1 aliphatic rings. The minimum Gasteiger partial charge on any atom is -0.327 e. The third kappa shape index (κ3) is 2.25. The van der Waals surface area contributed by atoms with Crippen LogP contribution in [0.5, 0.6) is 0 Å². The molecule has 3 rings (SSSR count). The first-order chi connectivity index (χ1) is 8.78. The van der Waals surface area contributed by atoms with Gasteiger partial charge in [0.1, 0.15) is 11.6 Å². The van der Waals surface area contributed by atoms with E-state index in [0.717, 1.165) is 36.4 Å². The second-order valence-corrected chi connectivity index (χ2v) is 4.97. The van der Waals surface area contributed by atoms with Crippen molar-refractivity contribution in [3.8, 4) is 0 Å². The molecule has 0 aliphatic heterocycles. The molecule has 1 N–H and O–H groups in total. The van der Waals surface area contributed by atoms with Gasteiger partial charge < -0.3 is 9.88 Å². The normalized spacial score (nSPS) is 15.4. The van der Waals surface area contributed by atoms with Crippen LogP contribution < -0.4 is 5.32 Å². The molecule has 0 bridgehead atoms. The van der Waals surface area contributed by atoms with Crippen LogP contribution in [0.4, 0.5) is 4.39 Å². The Morgan fingerprint density at radius 1 is 1.44 bits per heavy atom. The van der Waals surface area contributed by atoms with Crippen molar-refractivity contribution in [1.82, 2.24) is 14.9 Å².